The molecule has 0 aliphatic rings. The van der Waals surface area contributed by atoms with Crippen LogP contribution in [0.5, 0.6) is 0 Å². The Kier molecular flexibility index (Phi) is 4.49. The maximum atomic E-state index is 12.2. The first-order valence-corrected chi connectivity index (χ1v) is 5.02. The molecule has 0 aliphatic heterocycles. The fourth-order valence-corrected chi connectivity index (χ4v) is 1.27. The first kappa shape index (κ1) is 14.2. The Morgan fingerprint density at radius 1 is 1.28 bits per heavy atom. The van der Waals surface area contributed by atoms with Crippen LogP contribution in [0.2, 0.25) is 0 Å². The second-order valence-corrected chi connectivity index (χ2v) is 3.44. The van der Waals surface area contributed by atoms with Crippen molar-refractivity contribution in [3.8, 4) is 0 Å². The highest BCUT2D eigenvalue weighted by atomic mass is 19.4. The zero-order valence-corrected chi connectivity index (χ0v) is 9.86. The molecule has 0 N–H and O–H groups in total. The minimum Gasteiger partial charge on any atom is -0.285 e. The summed E-state index contributed by atoms with van der Waals surface area (Å²) < 4.78 is 36.7. The van der Waals surface area contributed by atoms with Gasteiger partial charge in [-0.1, -0.05) is 30.3 Å². The zero-order valence-electron chi connectivity index (χ0n) is 9.86. The van der Waals surface area contributed by atoms with Gasteiger partial charge in [0.15, 0.2) is 0 Å². The van der Waals surface area contributed by atoms with E-state index in [-0.39, 0.29) is 5.70 Å². The van der Waals surface area contributed by atoms with Gasteiger partial charge in [-0.2, -0.15) is 13.2 Å². The number of hydrogen-bond acceptors (Lipinski definition) is 3. The molecule has 0 fully saturated rings. The number of benzene rings is 1. The van der Waals surface area contributed by atoms with E-state index in [1.165, 1.54) is 14.2 Å². The first-order valence-electron chi connectivity index (χ1n) is 5.02. The molecule has 0 radical (unpaired) electrons. The normalized spacial score (nSPS) is 12.4. The van der Waals surface area contributed by atoms with E-state index in [1.807, 2.05) is 0 Å². The SMILES string of the molecule is CON(C)/C(=C\C(=O)C(F)(F)F)c1ccccc1. The Hall–Kier alpha value is -1.82. The van der Waals surface area contributed by atoms with Crippen molar-refractivity contribution in [3.05, 3.63) is 42.0 Å². The highest BCUT2D eigenvalue weighted by molar-refractivity contribution is 5.99. The minimum atomic E-state index is -4.89. The van der Waals surface area contributed by atoms with E-state index in [0.29, 0.717) is 11.6 Å². The fourth-order valence-electron chi connectivity index (χ4n) is 1.27. The monoisotopic (exact) mass is 259 g/mol. The zero-order chi connectivity index (χ0) is 13.8. The van der Waals surface area contributed by atoms with E-state index >= 15 is 0 Å². The predicted octanol–water partition coefficient (Wildman–Crippen LogP) is 2.65. The highest BCUT2D eigenvalue weighted by Gasteiger charge is 2.37. The van der Waals surface area contributed by atoms with Gasteiger partial charge in [-0.25, -0.2) is 0 Å². The molecule has 1 aromatic carbocycles. The summed E-state index contributed by atoms with van der Waals surface area (Å²) in [6.07, 6.45) is -4.38. The Morgan fingerprint density at radius 3 is 2.28 bits per heavy atom. The molecule has 1 rings (SSSR count). The number of rotatable bonds is 4. The van der Waals surface area contributed by atoms with Crippen LogP contribution in [0.3, 0.4) is 0 Å². The predicted molar refractivity (Wildman–Crippen MR) is 60.3 cm³/mol. The van der Waals surface area contributed by atoms with Crippen LogP contribution in [0, 0.1) is 0 Å². The Labute approximate surface area is 102 Å². The van der Waals surface area contributed by atoms with Crippen LogP contribution in [0.1, 0.15) is 5.56 Å². The topological polar surface area (TPSA) is 29.5 Å². The largest absolute Gasteiger partial charge is 0.454 e. The highest BCUT2D eigenvalue weighted by Crippen LogP contribution is 2.22. The molecular weight excluding hydrogens is 247 g/mol. The van der Waals surface area contributed by atoms with Crippen molar-refractivity contribution in [3.63, 3.8) is 0 Å². The quantitative estimate of drug-likeness (QED) is 0.615. The van der Waals surface area contributed by atoms with E-state index < -0.39 is 12.0 Å². The van der Waals surface area contributed by atoms with Gasteiger partial charge >= 0.3 is 6.18 Å². The van der Waals surface area contributed by atoms with Crippen molar-refractivity contribution in [2.75, 3.05) is 14.2 Å². The molecule has 3 nitrogen and oxygen atoms in total. The van der Waals surface area contributed by atoms with Gasteiger partial charge in [0, 0.05) is 18.7 Å². The molecular formula is C12H12F3NO2. The number of allylic oxidation sites excluding steroid dienone is 1. The summed E-state index contributed by atoms with van der Waals surface area (Å²) in [6, 6.07) is 8.21. The molecule has 0 saturated heterocycles. The van der Waals surface area contributed by atoms with Gasteiger partial charge in [0.05, 0.1) is 12.8 Å². The van der Waals surface area contributed by atoms with Crippen molar-refractivity contribution < 1.29 is 22.8 Å². The van der Waals surface area contributed by atoms with E-state index in [1.54, 1.807) is 30.3 Å². The molecule has 0 bridgehead atoms. The summed E-state index contributed by atoms with van der Waals surface area (Å²) in [5.41, 5.74) is 0.500. The van der Waals surface area contributed by atoms with Crippen molar-refractivity contribution in [2.45, 2.75) is 6.18 Å². The summed E-state index contributed by atoms with van der Waals surface area (Å²) >= 11 is 0. The molecule has 1 aromatic rings. The lowest BCUT2D eigenvalue weighted by Gasteiger charge is -2.20. The van der Waals surface area contributed by atoms with Gasteiger partial charge < -0.3 is 0 Å². The van der Waals surface area contributed by atoms with Crippen LogP contribution in [0.15, 0.2) is 36.4 Å². The minimum absolute atomic E-state index is 0.0421. The standard InChI is InChI=1S/C12H12F3NO2/c1-16(18-2)10(8-11(17)12(13,14)15)9-6-4-3-5-7-9/h3-8H,1-2H3/b10-8-. The van der Waals surface area contributed by atoms with Crippen LogP contribution >= 0.6 is 0 Å². The van der Waals surface area contributed by atoms with E-state index in [9.17, 15) is 18.0 Å². The smallest absolute Gasteiger partial charge is 0.285 e. The van der Waals surface area contributed by atoms with E-state index in [0.717, 1.165) is 5.06 Å². The molecule has 0 atom stereocenters. The Morgan fingerprint density at radius 2 is 1.83 bits per heavy atom. The van der Waals surface area contributed by atoms with Crippen LogP contribution in [-0.4, -0.2) is 31.2 Å². The fraction of sp³-hybridized carbons (Fsp3) is 0.250. The maximum absolute atomic E-state index is 12.2. The molecule has 0 aliphatic carbocycles. The van der Waals surface area contributed by atoms with Crippen LogP contribution in [-0.2, 0) is 9.63 Å². The van der Waals surface area contributed by atoms with Gasteiger partial charge in [-0.3, -0.25) is 14.7 Å². The van der Waals surface area contributed by atoms with Gasteiger partial charge in [0.2, 0.25) is 0 Å². The second-order valence-electron chi connectivity index (χ2n) is 3.44. The van der Waals surface area contributed by atoms with Crippen LogP contribution < -0.4 is 0 Å². The third-order valence-corrected chi connectivity index (χ3v) is 2.23. The number of carbonyl (C=O) groups is 1. The number of carbonyl (C=O) groups excluding carboxylic acids is 1. The van der Waals surface area contributed by atoms with Gasteiger partial charge in [0.1, 0.15) is 0 Å². The van der Waals surface area contributed by atoms with Crippen LogP contribution in [0.25, 0.3) is 5.70 Å². The molecule has 98 valence electrons. The number of ketones is 1. The number of hydrogen-bond donors (Lipinski definition) is 0. The third kappa shape index (κ3) is 3.59. The molecule has 6 heteroatoms. The second kappa shape index (κ2) is 5.68. The molecule has 0 spiro atoms. The Bertz CT molecular complexity index is 440. The molecule has 0 heterocycles. The average molecular weight is 259 g/mol. The summed E-state index contributed by atoms with van der Waals surface area (Å²) in [5.74, 6) is -1.93. The van der Waals surface area contributed by atoms with Crippen molar-refractivity contribution in [2.24, 2.45) is 0 Å². The van der Waals surface area contributed by atoms with Crippen molar-refractivity contribution in [1.29, 1.82) is 0 Å². The lowest BCUT2D eigenvalue weighted by Crippen LogP contribution is -2.23. The molecule has 0 unspecified atom stereocenters. The lowest BCUT2D eigenvalue weighted by molar-refractivity contribution is -0.165. The number of nitrogens with zero attached hydrogens (tertiary/aromatic N) is 1. The van der Waals surface area contributed by atoms with Gasteiger partial charge in [-0.05, 0) is 0 Å². The number of halogens is 3. The molecule has 0 amide bonds. The first-order chi connectivity index (χ1) is 8.36. The molecule has 0 saturated carbocycles. The Balaban J connectivity index is 3.15. The molecule has 0 aromatic heterocycles. The summed E-state index contributed by atoms with van der Waals surface area (Å²) in [4.78, 5) is 15.8. The number of hydroxylamine groups is 2. The number of alkyl halides is 3. The van der Waals surface area contributed by atoms with E-state index in [4.69, 9.17) is 4.84 Å². The van der Waals surface area contributed by atoms with Crippen molar-refractivity contribution >= 4 is 11.5 Å². The summed E-state index contributed by atoms with van der Waals surface area (Å²) in [7, 11) is 2.72. The van der Waals surface area contributed by atoms with Crippen LogP contribution in [0.4, 0.5) is 13.2 Å². The lowest BCUT2D eigenvalue weighted by atomic mass is 10.1. The van der Waals surface area contributed by atoms with Gasteiger partial charge in [-0.15, -0.1) is 0 Å². The van der Waals surface area contributed by atoms with Crippen molar-refractivity contribution in [1.82, 2.24) is 5.06 Å². The maximum Gasteiger partial charge on any atom is 0.454 e. The van der Waals surface area contributed by atoms with E-state index in [2.05, 4.69) is 0 Å². The third-order valence-electron chi connectivity index (χ3n) is 2.23. The molecule has 18 heavy (non-hydrogen) atoms. The van der Waals surface area contributed by atoms with Gasteiger partial charge in [0.25, 0.3) is 5.78 Å². The summed E-state index contributed by atoms with van der Waals surface area (Å²) in [6.45, 7) is 0. The summed E-state index contributed by atoms with van der Waals surface area (Å²) in [5, 5.41) is 1.10. The average Bonchev–Trinajstić information content (AvgIpc) is 2.34.